The van der Waals surface area contributed by atoms with Crippen molar-refractivity contribution < 1.29 is 9.21 Å². The number of oxazole rings is 1. The molecule has 5 nitrogen and oxygen atoms in total. The molecule has 0 radical (unpaired) electrons. The number of nitrogens with one attached hydrogen (secondary N) is 2. The number of rotatable bonds is 4. The second-order valence-corrected chi connectivity index (χ2v) is 5.27. The van der Waals surface area contributed by atoms with E-state index < -0.39 is 0 Å². The van der Waals surface area contributed by atoms with Crippen molar-refractivity contribution >= 4 is 18.3 Å². The number of piperidine rings is 1. The summed E-state index contributed by atoms with van der Waals surface area (Å²) in [5.74, 6) is 0.741. The Balaban J connectivity index is 0.00000176. The zero-order valence-corrected chi connectivity index (χ0v) is 13.1. The van der Waals surface area contributed by atoms with Crippen LogP contribution in [0.15, 0.2) is 41.0 Å². The molecule has 22 heavy (non-hydrogen) atoms. The van der Waals surface area contributed by atoms with Gasteiger partial charge in [-0.15, -0.1) is 12.4 Å². The highest BCUT2D eigenvalue weighted by molar-refractivity contribution is 5.85. The second kappa shape index (κ2) is 7.96. The fourth-order valence-electron chi connectivity index (χ4n) is 2.50. The Morgan fingerprint density at radius 3 is 2.91 bits per heavy atom. The number of hydrogen-bond acceptors (Lipinski definition) is 4. The van der Waals surface area contributed by atoms with E-state index in [1.54, 1.807) is 6.26 Å². The number of amides is 1. The Hall–Kier alpha value is -1.85. The van der Waals surface area contributed by atoms with Gasteiger partial charge in [-0.25, -0.2) is 4.98 Å². The van der Waals surface area contributed by atoms with Crippen molar-refractivity contribution in [3.05, 3.63) is 42.3 Å². The summed E-state index contributed by atoms with van der Waals surface area (Å²) in [4.78, 5) is 16.4. The molecule has 1 aromatic carbocycles. The Labute approximate surface area is 135 Å². The van der Waals surface area contributed by atoms with Gasteiger partial charge in [-0.1, -0.05) is 18.2 Å². The first-order valence-corrected chi connectivity index (χ1v) is 7.31. The van der Waals surface area contributed by atoms with Gasteiger partial charge in [0.2, 0.25) is 11.8 Å². The van der Waals surface area contributed by atoms with Gasteiger partial charge in [0.25, 0.3) is 0 Å². The van der Waals surface area contributed by atoms with E-state index in [4.69, 9.17) is 4.42 Å². The number of aromatic nitrogens is 1. The molecule has 1 amide bonds. The first kappa shape index (κ1) is 16.5. The van der Waals surface area contributed by atoms with Crippen molar-refractivity contribution in [2.75, 3.05) is 13.1 Å². The third kappa shape index (κ3) is 4.08. The molecule has 1 atom stereocenters. The van der Waals surface area contributed by atoms with Crippen LogP contribution in [-0.2, 0) is 11.3 Å². The molecule has 1 fully saturated rings. The van der Waals surface area contributed by atoms with Crippen LogP contribution in [-0.4, -0.2) is 24.0 Å². The van der Waals surface area contributed by atoms with Crippen molar-refractivity contribution in [3.8, 4) is 11.5 Å². The minimum atomic E-state index is 0. The van der Waals surface area contributed by atoms with Crippen molar-refractivity contribution in [1.82, 2.24) is 15.6 Å². The van der Waals surface area contributed by atoms with E-state index in [1.165, 1.54) is 0 Å². The molecule has 0 bridgehead atoms. The number of carbonyl (C=O) groups is 1. The van der Waals surface area contributed by atoms with Gasteiger partial charge >= 0.3 is 0 Å². The predicted octanol–water partition coefficient (Wildman–Crippen LogP) is 2.38. The minimum absolute atomic E-state index is 0. The molecule has 1 aliphatic heterocycles. The standard InChI is InChI=1S/C16H19N3O2.ClH/c20-15(13-7-4-8-17-9-13)18-10-14-11-21-16(19-14)12-5-2-1-3-6-12;/h1-3,5-6,11,13,17H,4,7-10H2,(H,18,20);1H. The third-order valence-electron chi connectivity index (χ3n) is 3.68. The van der Waals surface area contributed by atoms with Crippen LogP contribution in [0.25, 0.3) is 11.5 Å². The lowest BCUT2D eigenvalue weighted by atomic mass is 9.99. The molecule has 1 aromatic heterocycles. The topological polar surface area (TPSA) is 67.2 Å². The molecule has 3 rings (SSSR count). The third-order valence-corrected chi connectivity index (χ3v) is 3.68. The molecule has 2 heterocycles. The second-order valence-electron chi connectivity index (χ2n) is 5.27. The maximum atomic E-state index is 12.0. The summed E-state index contributed by atoms with van der Waals surface area (Å²) in [6.45, 7) is 2.18. The smallest absolute Gasteiger partial charge is 0.226 e. The lowest BCUT2D eigenvalue weighted by Crippen LogP contribution is -2.40. The zero-order chi connectivity index (χ0) is 14.5. The van der Waals surface area contributed by atoms with E-state index >= 15 is 0 Å². The highest BCUT2D eigenvalue weighted by Gasteiger charge is 2.20. The van der Waals surface area contributed by atoms with Gasteiger partial charge in [0.05, 0.1) is 18.2 Å². The highest BCUT2D eigenvalue weighted by Crippen LogP contribution is 2.18. The predicted molar refractivity (Wildman–Crippen MR) is 86.6 cm³/mol. The maximum Gasteiger partial charge on any atom is 0.226 e. The molecule has 1 saturated heterocycles. The zero-order valence-electron chi connectivity index (χ0n) is 12.2. The van der Waals surface area contributed by atoms with Crippen LogP contribution in [0.1, 0.15) is 18.5 Å². The van der Waals surface area contributed by atoms with Gasteiger partial charge in [0.1, 0.15) is 6.26 Å². The number of hydrogen-bond donors (Lipinski definition) is 2. The van der Waals surface area contributed by atoms with E-state index in [2.05, 4.69) is 15.6 Å². The molecule has 2 aromatic rings. The van der Waals surface area contributed by atoms with E-state index in [0.717, 1.165) is 37.2 Å². The van der Waals surface area contributed by atoms with Crippen molar-refractivity contribution in [1.29, 1.82) is 0 Å². The fraction of sp³-hybridized carbons (Fsp3) is 0.375. The lowest BCUT2D eigenvalue weighted by Gasteiger charge is -2.21. The van der Waals surface area contributed by atoms with Crippen LogP contribution >= 0.6 is 12.4 Å². The monoisotopic (exact) mass is 321 g/mol. The average molecular weight is 322 g/mol. The molecular formula is C16H20ClN3O2. The van der Waals surface area contributed by atoms with E-state index in [-0.39, 0.29) is 24.2 Å². The minimum Gasteiger partial charge on any atom is -0.444 e. The largest absolute Gasteiger partial charge is 0.444 e. The lowest BCUT2D eigenvalue weighted by molar-refractivity contribution is -0.125. The van der Waals surface area contributed by atoms with E-state index in [0.29, 0.717) is 12.4 Å². The SMILES string of the molecule is Cl.O=C(NCc1coc(-c2ccccc2)n1)C1CCCNC1. The number of carbonyl (C=O) groups excluding carboxylic acids is 1. The molecule has 0 saturated carbocycles. The van der Waals surface area contributed by atoms with Crippen LogP contribution in [0.5, 0.6) is 0 Å². The molecular weight excluding hydrogens is 302 g/mol. The fourth-order valence-corrected chi connectivity index (χ4v) is 2.50. The van der Waals surface area contributed by atoms with Crippen LogP contribution in [0.2, 0.25) is 0 Å². The molecule has 2 N–H and O–H groups in total. The maximum absolute atomic E-state index is 12.0. The van der Waals surface area contributed by atoms with Crippen LogP contribution < -0.4 is 10.6 Å². The number of benzene rings is 1. The van der Waals surface area contributed by atoms with E-state index in [1.807, 2.05) is 30.3 Å². The molecule has 0 spiro atoms. The summed E-state index contributed by atoms with van der Waals surface area (Å²) in [5, 5.41) is 6.18. The van der Waals surface area contributed by atoms with Crippen molar-refractivity contribution in [3.63, 3.8) is 0 Å². The first-order chi connectivity index (χ1) is 10.3. The molecule has 0 aliphatic carbocycles. The molecule has 6 heteroatoms. The van der Waals surface area contributed by atoms with Crippen molar-refractivity contribution in [2.24, 2.45) is 5.92 Å². The van der Waals surface area contributed by atoms with Crippen molar-refractivity contribution in [2.45, 2.75) is 19.4 Å². The number of halogens is 1. The van der Waals surface area contributed by atoms with Crippen LogP contribution in [0.4, 0.5) is 0 Å². The van der Waals surface area contributed by atoms with Gasteiger partial charge in [0.15, 0.2) is 0 Å². The molecule has 1 unspecified atom stereocenters. The highest BCUT2D eigenvalue weighted by atomic mass is 35.5. The Morgan fingerprint density at radius 2 is 2.18 bits per heavy atom. The molecule has 118 valence electrons. The van der Waals surface area contributed by atoms with Gasteiger partial charge in [0, 0.05) is 12.1 Å². The van der Waals surface area contributed by atoms with Crippen LogP contribution in [0, 0.1) is 5.92 Å². The number of nitrogens with zero attached hydrogens (tertiary/aromatic N) is 1. The Kier molecular flexibility index (Phi) is 5.98. The summed E-state index contributed by atoms with van der Waals surface area (Å²) >= 11 is 0. The quantitative estimate of drug-likeness (QED) is 0.907. The summed E-state index contributed by atoms with van der Waals surface area (Å²) < 4.78 is 5.45. The first-order valence-electron chi connectivity index (χ1n) is 7.31. The van der Waals surface area contributed by atoms with Gasteiger partial charge < -0.3 is 15.1 Å². The summed E-state index contributed by atoms with van der Waals surface area (Å²) in [6.07, 6.45) is 3.61. The van der Waals surface area contributed by atoms with Crippen LogP contribution in [0.3, 0.4) is 0 Å². The average Bonchev–Trinajstić information content (AvgIpc) is 3.03. The Bertz CT molecular complexity index is 594. The Morgan fingerprint density at radius 1 is 1.36 bits per heavy atom. The normalized spacial score (nSPS) is 17.5. The summed E-state index contributed by atoms with van der Waals surface area (Å²) in [5.41, 5.74) is 1.68. The summed E-state index contributed by atoms with van der Waals surface area (Å²) in [6, 6.07) is 9.73. The van der Waals surface area contributed by atoms with Gasteiger partial charge in [-0.2, -0.15) is 0 Å². The molecule has 1 aliphatic rings. The van der Waals surface area contributed by atoms with Gasteiger partial charge in [-0.3, -0.25) is 4.79 Å². The van der Waals surface area contributed by atoms with E-state index in [9.17, 15) is 4.79 Å². The van der Waals surface area contributed by atoms with Gasteiger partial charge in [-0.05, 0) is 31.5 Å². The summed E-state index contributed by atoms with van der Waals surface area (Å²) in [7, 11) is 0.